The van der Waals surface area contributed by atoms with Crippen molar-refractivity contribution in [3.8, 4) is 0 Å². The van der Waals surface area contributed by atoms with Crippen LogP contribution in [0.1, 0.15) is 6.92 Å². The van der Waals surface area contributed by atoms with E-state index in [9.17, 15) is 8.42 Å². The van der Waals surface area contributed by atoms with E-state index in [2.05, 4.69) is 4.98 Å². The maximum Gasteiger partial charge on any atom is 0.357 e. The molecule has 0 spiro atoms. The third-order valence-electron chi connectivity index (χ3n) is 3.26. The fraction of sp³-hybridized carbons (Fsp3) is 0.417. The van der Waals surface area contributed by atoms with E-state index in [4.69, 9.17) is 4.74 Å². The van der Waals surface area contributed by atoms with Gasteiger partial charge >= 0.3 is 15.2 Å². The van der Waals surface area contributed by atoms with Crippen LogP contribution in [0.2, 0.25) is 0 Å². The number of benzene rings is 1. The highest BCUT2D eigenvalue weighted by Crippen LogP contribution is 2.44. The molecule has 0 N–H and O–H groups in total. The summed E-state index contributed by atoms with van der Waals surface area (Å²) in [4.78, 5) is 4.48. The smallest absolute Gasteiger partial charge is 0.357 e. The van der Waals surface area contributed by atoms with Crippen molar-refractivity contribution in [3.63, 3.8) is 0 Å². The molecule has 1 saturated heterocycles. The van der Waals surface area contributed by atoms with Gasteiger partial charge in [-0.05, 0) is 19.1 Å². The summed E-state index contributed by atoms with van der Waals surface area (Å²) in [5.41, 5.74) is 0.860. The maximum absolute atomic E-state index is 12.0. The lowest BCUT2D eigenvalue weighted by atomic mass is 10.3. The summed E-state index contributed by atoms with van der Waals surface area (Å²) < 4.78 is 30.2. The van der Waals surface area contributed by atoms with Crippen molar-refractivity contribution >= 4 is 36.7 Å². The van der Waals surface area contributed by atoms with Gasteiger partial charge in [0, 0.05) is 6.61 Å². The molecule has 1 aromatic carbocycles. The first-order valence-corrected chi connectivity index (χ1v) is 8.55. The van der Waals surface area contributed by atoms with Crippen LogP contribution in [0.15, 0.2) is 24.3 Å². The molecule has 1 aliphatic rings. The predicted molar refractivity (Wildman–Crippen MR) is 76.6 cm³/mol. The molecule has 102 valence electrons. The lowest BCUT2D eigenvalue weighted by molar-refractivity contribution is 0.143. The second-order valence-electron chi connectivity index (χ2n) is 4.49. The minimum Gasteiger partial charge on any atom is -0.376 e. The molecule has 1 aromatic heterocycles. The van der Waals surface area contributed by atoms with Crippen LogP contribution in [0.25, 0.3) is 10.2 Å². The molecule has 1 unspecified atom stereocenters. The molecule has 0 radical (unpaired) electrons. The summed E-state index contributed by atoms with van der Waals surface area (Å²) in [6.45, 7) is 3.38. The molecule has 0 aliphatic carbocycles. The number of aromatic nitrogens is 1. The summed E-state index contributed by atoms with van der Waals surface area (Å²) in [7, 11) is -3.09. The summed E-state index contributed by atoms with van der Waals surface area (Å²) >= 11 is 1.45. The molecule has 0 saturated carbocycles. The highest BCUT2D eigenvalue weighted by Gasteiger charge is 2.65. The first-order valence-electron chi connectivity index (χ1n) is 6.13. The van der Waals surface area contributed by atoms with Gasteiger partial charge in [-0.2, -0.15) is 13.4 Å². The molecule has 2 heterocycles. The zero-order valence-corrected chi connectivity index (χ0v) is 12.2. The molecule has 2 aromatic rings. The SMILES string of the molecule is CCOCC[N+]1(c2nc3ccccc3s2)CS1(=O)=O. The van der Waals surface area contributed by atoms with E-state index >= 15 is 0 Å². The fourth-order valence-electron chi connectivity index (χ4n) is 2.10. The molecule has 0 amide bonds. The summed E-state index contributed by atoms with van der Waals surface area (Å²) in [6, 6.07) is 7.72. The first kappa shape index (κ1) is 13.0. The standard InChI is InChI=1S/C12H15N2O3S2/c1-2-17-8-7-14(9-19(14,15)16)12-13-10-5-3-4-6-11(10)18-12/h3-6H,2,7-9H2,1H3/q+1. The zero-order chi connectivity index (χ0) is 13.5. The Morgan fingerprint density at radius 1 is 1.42 bits per heavy atom. The number of thiazole rings is 1. The van der Waals surface area contributed by atoms with Crippen molar-refractivity contribution in [1.29, 1.82) is 0 Å². The number of para-hydroxylation sites is 1. The largest absolute Gasteiger partial charge is 0.376 e. The van der Waals surface area contributed by atoms with Crippen LogP contribution in [0, 0.1) is 0 Å². The second kappa shape index (κ2) is 4.52. The molecule has 1 fully saturated rings. The number of hydrogen-bond acceptors (Lipinski definition) is 5. The summed E-state index contributed by atoms with van der Waals surface area (Å²) in [6.07, 6.45) is 0. The van der Waals surface area contributed by atoms with Crippen molar-refractivity contribution in [2.24, 2.45) is 0 Å². The molecular formula is C12H15N2O3S2+. The van der Waals surface area contributed by atoms with Crippen molar-refractivity contribution in [2.45, 2.75) is 6.92 Å². The van der Waals surface area contributed by atoms with E-state index in [1.54, 1.807) is 0 Å². The maximum atomic E-state index is 12.0. The summed E-state index contributed by atoms with van der Waals surface area (Å²) in [5, 5.41) is 0.654. The Morgan fingerprint density at radius 3 is 2.79 bits per heavy atom. The molecule has 3 rings (SSSR count). The fourth-order valence-corrected chi connectivity index (χ4v) is 5.29. The van der Waals surface area contributed by atoms with Crippen LogP contribution < -0.4 is 3.89 Å². The Kier molecular flexibility index (Phi) is 3.09. The van der Waals surface area contributed by atoms with E-state index < -0.39 is 10.0 Å². The van der Waals surface area contributed by atoms with E-state index in [0.29, 0.717) is 24.9 Å². The number of rotatable bonds is 5. The Hall–Kier alpha value is -1.02. The molecule has 1 aliphatic heterocycles. The minimum atomic E-state index is -3.09. The predicted octanol–water partition coefficient (Wildman–Crippen LogP) is 1.94. The Morgan fingerprint density at radius 2 is 2.16 bits per heavy atom. The van der Waals surface area contributed by atoms with Gasteiger partial charge in [-0.1, -0.05) is 23.5 Å². The molecule has 0 bridgehead atoms. The van der Waals surface area contributed by atoms with Crippen LogP contribution in [0.4, 0.5) is 5.13 Å². The summed E-state index contributed by atoms with van der Waals surface area (Å²) in [5.74, 6) is 0.139. The topological polar surface area (TPSA) is 56.3 Å². The van der Waals surface area contributed by atoms with Gasteiger partial charge in [0.1, 0.15) is 6.54 Å². The average molecular weight is 299 g/mol. The van der Waals surface area contributed by atoms with Gasteiger partial charge in [0.25, 0.3) is 5.88 Å². The van der Waals surface area contributed by atoms with Crippen LogP contribution >= 0.6 is 11.3 Å². The molecular weight excluding hydrogens is 284 g/mol. The number of nitrogens with zero attached hydrogens (tertiary/aromatic N) is 2. The molecule has 19 heavy (non-hydrogen) atoms. The molecule has 1 atom stereocenters. The van der Waals surface area contributed by atoms with E-state index in [0.717, 1.165) is 10.2 Å². The third kappa shape index (κ3) is 2.06. The van der Waals surface area contributed by atoms with Crippen LogP contribution in [-0.2, 0) is 14.8 Å². The number of fused-ring (bicyclic) bond motifs is 1. The van der Waals surface area contributed by atoms with Crippen molar-refractivity contribution < 1.29 is 13.2 Å². The molecule has 7 heteroatoms. The van der Waals surface area contributed by atoms with Crippen molar-refractivity contribution in [2.75, 3.05) is 25.6 Å². The highest BCUT2D eigenvalue weighted by atomic mass is 32.2. The third-order valence-corrected chi connectivity index (χ3v) is 6.59. The highest BCUT2D eigenvalue weighted by molar-refractivity contribution is 7.97. The van der Waals surface area contributed by atoms with Gasteiger partial charge < -0.3 is 4.74 Å². The van der Waals surface area contributed by atoms with Crippen LogP contribution in [0.5, 0.6) is 0 Å². The normalized spacial score (nSPS) is 24.7. The second-order valence-corrected chi connectivity index (χ2v) is 7.62. The average Bonchev–Trinajstić information content (AvgIpc) is 2.76. The number of sulfonamides is 1. The van der Waals surface area contributed by atoms with Crippen LogP contribution in [0.3, 0.4) is 0 Å². The van der Waals surface area contributed by atoms with Crippen molar-refractivity contribution in [1.82, 2.24) is 8.87 Å². The zero-order valence-electron chi connectivity index (χ0n) is 10.6. The minimum absolute atomic E-state index is 0.0493. The van der Waals surface area contributed by atoms with Gasteiger partial charge in [0.05, 0.1) is 16.8 Å². The van der Waals surface area contributed by atoms with E-state index in [-0.39, 0.29) is 9.77 Å². The lowest BCUT2D eigenvalue weighted by Gasteiger charge is -2.09. The van der Waals surface area contributed by atoms with E-state index in [1.165, 1.54) is 11.3 Å². The van der Waals surface area contributed by atoms with Gasteiger partial charge in [-0.15, -0.1) is 3.89 Å². The van der Waals surface area contributed by atoms with Gasteiger partial charge in [0.2, 0.25) is 0 Å². The van der Waals surface area contributed by atoms with Gasteiger partial charge in [-0.25, -0.2) is 0 Å². The van der Waals surface area contributed by atoms with E-state index in [1.807, 2.05) is 31.2 Å². The molecule has 5 nitrogen and oxygen atoms in total. The van der Waals surface area contributed by atoms with Crippen molar-refractivity contribution in [3.05, 3.63) is 24.3 Å². The number of quaternary nitrogens is 1. The Bertz CT molecular complexity index is 678. The number of ether oxygens (including phenoxy) is 1. The lowest BCUT2D eigenvalue weighted by Crippen LogP contribution is -2.31. The van der Waals surface area contributed by atoms with Gasteiger partial charge in [0.15, 0.2) is 0 Å². The number of hydrogen-bond donors (Lipinski definition) is 0. The first-order chi connectivity index (χ1) is 9.09. The Balaban J connectivity index is 1.97. The quantitative estimate of drug-likeness (QED) is 0.481. The van der Waals surface area contributed by atoms with Gasteiger partial charge in [-0.3, -0.25) is 0 Å². The van der Waals surface area contributed by atoms with Crippen LogP contribution in [-0.4, -0.2) is 39.0 Å². The Labute approximate surface area is 116 Å². The monoisotopic (exact) mass is 299 g/mol.